The van der Waals surface area contributed by atoms with Crippen LogP contribution in [-0.4, -0.2) is 67.1 Å². The van der Waals surface area contributed by atoms with E-state index in [0.29, 0.717) is 18.2 Å². The number of hydrogen-bond acceptors (Lipinski definition) is 9. The van der Waals surface area contributed by atoms with Crippen LogP contribution in [0.15, 0.2) is 17.8 Å². The second-order valence-corrected chi connectivity index (χ2v) is 8.66. The van der Waals surface area contributed by atoms with Crippen molar-refractivity contribution in [2.45, 2.75) is 58.5 Å². The Morgan fingerprint density at radius 2 is 1.68 bits per heavy atom. The van der Waals surface area contributed by atoms with Gasteiger partial charge in [-0.2, -0.15) is 0 Å². The maximum atomic E-state index is 10.2. The predicted octanol–water partition coefficient (Wildman–Crippen LogP) is 1.54. The fourth-order valence-corrected chi connectivity index (χ4v) is 3.97. The van der Waals surface area contributed by atoms with Gasteiger partial charge in [0.15, 0.2) is 0 Å². The number of carbonyl (C=O) groups excluding carboxylic acids is 2. The summed E-state index contributed by atoms with van der Waals surface area (Å²) in [5, 5.41) is 20.0. The van der Waals surface area contributed by atoms with Crippen molar-refractivity contribution >= 4 is 18.8 Å². The molecule has 3 aliphatic carbocycles. The number of rotatable bonds is 5. The van der Waals surface area contributed by atoms with Crippen LogP contribution in [0.25, 0.3) is 5.70 Å². The topological polar surface area (TPSA) is 155 Å². The van der Waals surface area contributed by atoms with Gasteiger partial charge in [0.2, 0.25) is 0 Å². The number of aldehydes is 1. The maximum Gasteiger partial charge on any atom is 0.123 e. The average Bonchev–Trinajstić information content (AvgIpc) is 3.28. The van der Waals surface area contributed by atoms with Gasteiger partial charge in [-0.3, -0.25) is 4.98 Å². The normalized spacial score (nSPS) is 22.2. The van der Waals surface area contributed by atoms with Crippen LogP contribution in [-0.2, 0) is 9.59 Å². The van der Waals surface area contributed by atoms with E-state index in [9.17, 15) is 4.79 Å². The third-order valence-corrected chi connectivity index (χ3v) is 6.41. The van der Waals surface area contributed by atoms with Gasteiger partial charge in [0.1, 0.15) is 13.1 Å². The van der Waals surface area contributed by atoms with Gasteiger partial charge in [0, 0.05) is 32.3 Å². The van der Waals surface area contributed by atoms with Crippen LogP contribution in [0.5, 0.6) is 0 Å². The van der Waals surface area contributed by atoms with Crippen LogP contribution >= 0.6 is 0 Å². The summed E-state index contributed by atoms with van der Waals surface area (Å²) in [6.45, 7) is 6.60. The van der Waals surface area contributed by atoms with E-state index in [0.717, 1.165) is 60.7 Å². The molecular weight excluding hydrogens is 434 g/mol. The van der Waals surface area contributed by atoms with Crippen LogP contribution in [0.1, 0.15) is 55.5 Å². The van der Waals surface area contributed by atoms with Gasteiger partial charge in [0.05, 0.1) is 23.2 Å². The number of aliphatic hydroxyl groups excluding tert-OH is 2. The second-order valence-electron chi connectivity index (χ2n) is 8.66. The first-order valence-electron chi connectivity index (χ1n) is 11.7. The van der Waals surface area contributed by atoms with Crippen LogP contribution in [0, 0.1) is 31.6 Å². The molecule has 0 spiro atoms. The molecule has 2 atom stereocenters. The molecule has 2 unspecified atom stereocenters. The molecule has 1 aromatic heterocycles. The van der Waals surface area contributed by atoms with Crippen molar-refractivity contribution in [3.05, 3.63) is 34.8 Å². The smallest absolute Gasteiger partial charge is 0.123 e. The molecule has 0 aromatic carbocycles. The Balaban J connectivity index is 0.000000522. The maximum absolute atomic E-state index is 10.2. The Bertz CT molecular complexity index is 743. The minimum atomic E-state index is 0.0648. The Kier molecular flexibility index (Phi) is 16.0. The summed E-state index contributed by atoms with van der Waals surface area (Å²) in [7, 11) is 4.62. The number of aromatic nitrogens is 1. The zero-order valence-corrected chi connectivity index (χ0v) is 21.5. The molecule has 0 amide bonds. The van der Waals surface area contributed by atoms with E-state index in [4.69, 9.17) is 26.6 Å². The molecule has 9 nitrogen and oxygen atoms in total. The minimum Gasteiger partial charge on any atom is -0.400 e. The summed E-state index contributed by atoms with van der Waals surface area (Å²) >= 11 is 0. The van der Waals surface area contributed by atoms with Gasteiger partial charge in [0.25, 0.3) is 0 Å². The van der Waals surface area contributed by atoms with Crippen molar-refractivity contribution in [3.63, 3.8) is 0 Å². The molecule has 34 heavy (non-hydrogen) atoms. The van der Waals surface area contributed by atoms with Gasteiger partial charge in [-0.1, -0.05) is 12.5 Å². The summed E-state index contributed by atoms with van der Waals surface area (Å²) in [6, 6.07) is 3.93. The quantitative estimate of drug-likeness (QED) is 0.240. The van der Waals surface area contributed by atoms with Gasteiger partial charge < -0.3 is 35.9 Å². The lowest BCUT2D eigenvalue weighted by molar-refractivity contribution is -0.109. The molecule has 0 radical (unpaired) electrons. The van der Waals surface area contributed by atoms with E-state index in [-0.39, 0.29) is 6.10 Å². The average molecular weight is 480 g/mol. The number of nitrogens with two attached hydrogens (primary N) is 2. The van der Waals surface area contributed by atoms with Crippen LogP contribution in [0.4, 0.5) is 0 Å². The highest BCUT2D eigenvalue weighted by atomic mass is 16.3. The molecule has 0 aliphatic heterocycles. The van der Waals surface area contributed by atoms with Gasteiger partial charge >= 0.3 is 0 Å². The van der Waals surface area contributed by atoms with Gasteiger partial charge in [-0.25, -0.2) is 5.84 Å². The van der Waals surface area contributed by atoms with Crippen LogP contribution in [0.2, 0.25) is 0 Å². The van der Waals surface area contributed by atoms with E-state index in [2.05, 4.69) is 10.3 Å². The van der Waals surface area contributed by atoms with Gasteiger partial charge in [-0.15, -0.1) is 0 Å². The fourth-order valence-electron chi connectivity index (χ4n) is 3.97. The molecule has 1 heterocycles. The first kappa shape index (κ1) is 31.7. The summed E-state index contributed by atoms with van der Waals surface area (Å²) in [6.07, 6.45) is 8.56. The summed E-state index contributed by atoms with van der Waals surface area (Å²) in [5.74, 6) is 7.90. The van der Waals surface area contributed by atoms with Crippen molar-refractivity contribution in [1.29, 1.82) is 0 Å². The number of hydrazine groups is 1. The molecule has 3 fully saturated rings. The number of nitrogens with zero attached hydrogens (tertiary/aromatic N) is 2. The largest absolute Gasteiger partial charge is 0.400 e. The molecule has 9 heteroatoms. The first-order chi connectivity index (χ1) is 16.3. The Hall–Kier alpha value is -2.33. The lowest BCUT2D eigenvalue weighted by Crippen LogP contribution is -2.33. The molecule has 3 aliphatic rings. The standard InChI is InChI=1S/C12H21N5.C7H10O.C4H8O.CH4O.CH2O/c1-8-5-6-10(16-9(8)2)12(13)11(7-15-3)17(4)14;8-4-7-5-2-1-3-6(5)7;5-4-2-1-3-4;2*1-2/h5-6,15H,7,13-14H2,1-4H3;4-7H,1-3H2;4-5H,1-3H2;2H,1H3;1H2/b12-11-;;;;. The van der Waals surface area contributed by atoms with E-state index in [1.807, 2.05) is 39.8 Å². The van der Waals surface area contributed by atoms with E-state index < -0.39 is 0 Å². The van der Waals surface area contributed by atoms with Crippen LogP contribution in [0.3, 0.4) is 0 Å². The lowest BCUT2D eigenvalue weighted by atomic mass is 9.97. The Morgan fingerprint density at radius 1 is 1.18 bits per heavy atom. The number of pyridine rings is 1. The summed E-state index contributed by atoms with van der Waals surface area (Å²) in [5.41, 5.74) is 10.4. The molecule has 3 saturated carbocycles. The van der Waals surface area contributed by atoms with Crippen molar-refractivity contribution < 1.29 is 19.8 Å². The number of carbonyl (C=O) groups is 2. The van der Waals surface area contributed by atoms with E-state index in [1.165, 1.54) is 30.7 Å². The number of aryl methyl sites for hydroxylation is 2. The molecule has 1 aromatic rings. The van der Waals surface area contributed by atoms with E-state index in [1.54, 1.807) is 7.05 Å². The zero-order valence-electron chi connectivity index (χ0n) is 21.5. The predicted molar refractivity (Wildman–Crippen MR) is 136 cm³/mol. The van der Waals surface area contributed by atoms with Crippen LogP contribution < -0.4 is 16.9 Å². The third-order valence-electron chi connectivity index (χ3n) is 6.41. The highest BCUT2D eigenvalue weighted by molar-refractivity contribution is 5.63. The Morgan fingerprint density at radius 3 is 2.00 bits per heavy atom. The number of likely N-dealkylation sites (N-methyl/N-ethyl adjacent to an activating group) is 2. The number of aliphatic hydroxyl groups is 2. The number of nitrogens with one attached hydrogen (secondary N) is 1. The summed E-state index contributed by atoms with van der Waals surface area (Å²) in [4.78, 5) is 22.6. The molecule has 0 saturated heterocycles. The van der Waals surface area contributed by atoms with Crippen molar-refractivity contribution in [2.75, 3.05) is 27.7 Å². The minimum absolute atomic E-state index is 0.0648. The summed E-state index contributed by atoms with van der Waals surface area (Å²) < 4.78 is 0. The highest BCUT2D eigenvalue weighted by Crippen LogP contribution is 2.56. The molecular formula is C25H45N5O4. The lowest BCUT2D eigenvalue weighted by Gasteiger charge is -2.19. The molecule has 4 rings (SSSR count). The van der Waals surface area contributed by atoms with Crippen molar-refractivity contribution in [2.24, 2.45) is 29.3 Å². The number of fused-ring (bicyclic) bond motifs is 1. The molecule has 194 valence electrons. The second kappa shape index (κ2) is 17.2. The zero-order chi connectivity index (χ0) is 26.3. The third kappa shape index (κ3) is 9.89. The molecule has 0 bridgehead atoms. The van der Waals surface area contributed by atoms with E-state index >= 15 is 0 Å². The van der Waals surface area contributed by atoms with Crippen molar-refractivity contribution in [1.82, 2.24) is 15.3 Å². The van der Waals surface area contributed by atoms with Gasteiger partial charge in [-0.05, 0) is 76.5 Å². The monoisotopic (exact) mass is 479 g/mol. The molecule has 7 N–H and O–H groups in total. The van der Waals surface area contributed by atoms with Crippen molar-refractivity contribution in [3.8, 4) is 0 Å². The Labute approximate surface area is 204 Å². The SMILES string of the molecule is C=O.CNC/C(=C(/N)c1ccc(C)c(C)n1)N(C)N.CO.O=CC1C2CCCC12.OC1CCC1. The first-order valence-corrected chi connectivity index (χ1v) is 11.7. The number of hydrogen-bond donors (Lipinski definition) is 5. The highest BCUT2D eigenvalue weighted by Gasteiger charge is 2.52. The fraction of sp³-hybridized carbons (Fsp3) is 0.640.